The van der Waals surface area contributed by atoms with Crippen LogP contribution >= 0.6 is 0 Å². The Bertz CT molecular complexity index is 952. The fraction of sp³-hybridized carbons (Fsp3) is 0.536. The van der Waals surface area contributed by atoms with Crippen molar-refractivity contribution in [1.82, 2.24) is 10.2 Å². The van der Waals surface area contributed by atoms with E-state index in [9.17, 15) is 9.18 Å². The minimum absolute atomic E-state index is 0.000247. The van der Waals surface area contributed by atoms with Crippen molar-refractivity contribution in [2.24, 2.45) is 5.41 Å². The van der Waals surface area contributed by atoms with Crippen molar-refractivity contribution in [3.05, 3.63) is 71.5 Å². The van der Waals surface area contributed by atoms with Gasteiger partial charge in [0.05, 0.1) is 0 Å². The van der Waals surface area contributed by atoms with Crippen LogP contribution in [0.2, 0.25) is 0 Å². The van der Waals surface area contributed by atoms with Gasteiger partial charge in [0.15, 0.2) is 0 Å². The van der Waals surface area contributed by atoms with Crippen molar-refractivity contribution in [2.75, 3.05) is 13.1 Å². The lowest BCUT2D eigenvalue weighted by Crippen LogP contribution is -2.52. The Kier molecular flexibility index (Phi) is 6.81. The molecule has 4 nitrogen and oxygen atoms in total. The molecule has 2 aromatic rings. The van der Waals surface area contributed by atoms with E-state index in [0.29, 0.717) is 18.0 Å². The first-order valence-corrected chi connectivity index (χ1v) is 12.2. The number of rotatable bonds is 8. The van der Waals surface area contributed by atoms with Gasteiger partial charge in [0.25, 0.3) is 0 Å². The van der Waals surface area contributed by atoms with E-state index in [1.165, 1.54) is 11.6 Å². The summed E-state index contributed by atoms with van der Waals surface area (Å²) in [6.07, 6.45) is 4.03. The molecule has 5 heteroatoms. The lowest BCUT2D eigenvalue weighted by molar-refractivity contribution is 0.000630. The molecule has 2 aromatic carbocycles. The molecule has 0 bridgehead atoms. The quantitative estimate of drug-likeness (QED) is 0.501. The van der Waals surface area contributed by atoms with E-state index in [4.69, 9.17) is 4.74 Å². The molecule has 0 saturated heterocycles. The first kappa shape index (κ1) is 23.7. The molecule has 3 atom stereocenters. The SMILES string of the molecule is CC(NCC1(CN(C(=O)OC(C)(C)C)[C@H]2CC2c2ccccc2)CCC1)c1ccccc1F. The van der Waals surface area contributed by atoms with Crippen LogP contribution in [0, 0.1) is 11.2 Å². The Balaban J connectivity index is 1.47. The van der Waals surface area contributed by atoms with Gasteiger partial charge in [0.1, 0.15) is 11.4 Å². The molecule has 4 rings (SSSR count). The number of amides is 1. The second-order valence-electron chi connectivity index (χ2n) is 10.9. The van der Waals surface area contributed by atoms with Gasteiger partial charge in [0, 0.05) is 42.1 Å². The molecular formula is C28H37FN2O2. The lowest BCUT2D eigenvalue weighted by Gasteiger charge is -2.46. The summed E-state index contributed by atoms with van der Waals surface area (Å²) in [5.41, 5.74) is 1.43. The maximum atomic E-state index is 14.2. The molecule has 0 heterocycles. The fourth-order valence-corrected chi connectivity index (χ4v) is 4.96. The monoisotopic (exact) mass is 452 g/mol. The molecule has 0 radical (unpaired) electrons. The van der Waals surface area contributed by atoms with Gasteiger partial charge in [0.2, 0.25) is 0 Å². The van der Waals surface area contributed by atoms with Crippen LogP contribution in [0.15, 0.2) is 54.6 Å². The highest BCUT2D eigenvalue weighted by Gasteiger charge is 2.50. The normalized spacial score (nSPS) is 22.2. The Labute approximate surface area is 197 Å². The number of ether oxygens (including phenoxy) is 1. The van der Waals surface area contributed by atoms with Crippen LogP contribution in [0.1, 0.15) is 76.5 Å². The molecule has 0 spiro atoms. The zero-order valence-corrected chi connectivity index (χ0v) is 20.3. The van der Waals surface area contributed by atoms with E-state index in [2.05, 4.69) is 29.6 Å². The predicted octanol–water partition coefficient (Wildman–Crippen LogP) is 6.44. The largest absolute Gasteiger partial charge is 0.444 e. The average Bonchev–Trinajstić information content (AvgIpc) is 3.53. The molecule has 1 N–H and O–H groups in total. The second kappa shape index (κ2) is 9.46. The maximum absolute atomic E-state index is 14.2. The maximum Gasteiger partial charge on any atom is 0.410 e. The minimum Gasteiger partial charge on any atom is -0.444 e. The number of nitrogens with one attached hydrogen (secondary N) is 1. The van der Waals surface area contributed by atoms with Crippen LogP contribution < -0.4 is 5.32 Å². The molecule has 1 amide bonds. The molecule has 0 aliphatic heterocycles. The number of carbonyl (C=O) groups excluding carboxylic acids is 1. The van der Waals surface area contributed by atoms with Crippen molar-refractivity contribution in [3.8, 4) is 0 Å². The molecule has 33 heavy (non-hydrogen) atoms. The predicted molar refractivity (Wildman–Crippen MR) is 130 cm³/mol. The molecule has 2 fully saturated rings. The van der Waals surface area contributed by atoms with Crippen molar-refractivity contribution in [3.63, 3.8) is 0 Å². The molecular weight excluding hydrogens is 415 g/mol. The minimum atomic E-state index is -0.531. The number of carbonyl (C=O) groups is 1. The van der Waals surface area contributed by atoms with E-state index in [-0.39, 0.29) is 29.4 Å². The Hall–Kier alpha value is -2.40. The average molecular weight is 453 g/mol. The third-order valence-corrected chi connectivity index (χ3v) is 7.09. The highest BCUT2D eigenvalue weighted by molar-refractivity contribution is 5.69. The summed E-state index contributed by atoms with van der Waals surface area (Å²) < 4.78 is 20.1. The van der Waals surface area contributed by atoms with Crippen molar-refractivity contribution in [2.45, 2.75) is 77.0 Å². The van der Waals surface area contributed by atoms with E-state index in [1.807, 2.05) is 50.8 Å². The van der Waals surface area contributed by atoms with Crippen molar-refractivity contribution >= 4 is 6.09 Å². The number of hydrogen-bond acceptors (Lipinski definition) is 3. The highest BCUT2D eigenvalue weighted by Crippen LogP contribution is 2.49. The molecule has 0 aromatic heterocycles. The number of halogens is 1. The summed E-state index contributed by atoms with van der Waals surface area (Å²) in [7, 11) is 0. The van der Waals surface area contributed by atoms with Gasteiger partial charge in [-0.1, -0.05) is 55.0 Å². The summed E-state index contributed by atoms with van der Waals surface area (Å²) in [6.45, 7) is 9.18. The third-order valence-electron chi connectivity index (χ3n) is 7.09. The molecule has 178 valence electrons. The molecule has 2 unspecified atom stereocenters. The van der Waals surface area contributed by atoms with Crippen LogP contribution in [-0.2, 0) is 4.74 Å². The van der Waals surface area contributed by atoms with Gasteiger partial charge >= 0.3 is 6.09 Å². The van der Waals surface area contributed by atoms with Crippen LogP contribution in [0.3, 0.4) is 0 Å². The van der Waals surface area contributed by atoms with Crippen LogP contribution in [-0.4, -0.2) is 35.7 Å². The number of nitrogens with zero attached hydrogens (tertiary/aromatic N) is 1. The van der Waals surface area contributed by atoms with Crippen LogP contribution in [0.4, 0.5) is 9.18 Å². The van der Waals surface area contributed by atoms with Gasteiger partial charge in [-0.2, -0.15) is 0 Å². The van der Waals surface area contributed by atoms with Crippen molar-refractivity contribution in [1.29, 1.82) is 0 Å². The van der Waals surface area contributed by atoms with Gasteiger partial charge in [-0.3, -0.25) is 0 Å². The van der Waals surface area contributed by atoms with Crippen molar-refractivity contribution < 1.29 is 13.9 Å². The van der Waals surface area contributed by atoms with E-state index in [1.54, 1.807) is 6.07 Å². The topological polar surface area (TPSA) is 41.6 Å². The van der Waals surface area contributed by atoms with Crippen LogP contribution in [0.25, 0.3) is 0 Å². The number of benzene rings is 2. The highest BCUT2D eigenvalue weighted by atomic mass is 19.1. The van der Waals surface area contributed by atoms with E-state index < -0.39 is 5.60 Å². The summed E-state index contributed by atoms with van der Waals surface area (Å²) in [5, 5.41) is 3.56. The molecule has 2 saturated carbocycles. The molecule has 2 aliphatic rings. The lowest BCUT2D eigenvalue weighted by atomic mass is 9.68. The van der Waals surface area contributed by atoms with Gasteiger partial charge in [-0.15, -0.1) is 0 Å². The van der Waals surface area contributed by atoms with Crippen LogP contribution in [0.5, 0.6) is 0 Å². The standard InChI is InChI=1S/C28H37FN2O2/c1-20(22-13-8-9-14-24(22)29)30-18-28(15-10-16-28)19-31(26(32)33-27(2,3)4)25-17-23(25)21-11-6-5-7-12-21/h5-9,11-14,20,23,25,30H,10,15-19H2,1-4H3/t20?,23?,25-/m0/s1. The van der Waals surface area contributed by atoms with Gasteiger partial charge in [-0.25, -0.2) is 9.18 Å². The molecule has 2 aliphatic carbocycles. The third kappa shape index (κ3) is 5.75. The van der Waals surface area contributed by atoms with E-state index in [0.717, 1.165) is 32.2 Å². The summed E-state index contributed by atoms with van der Waals surface area (Å²) in [5.74, 6) is 0.181. The summed E-state index contributed by atoms with van der Waals surface area (Å²) in [4.78, 5) is 15.3. The Morgan fingerprint density at radius 2 is 1.82 bits per heavy atom. The zero-order chi connectivity index (χ0) is 23.6. The first-order valence-electron chi connectivity index (χ1n) is 12.2. The first-order chi connectivity index (χ1) is 15.7. The number of hydrogen-bond donors (Lipinski definition) is 1. The Morgan fingerprint density at radius 1 is 1.15 bits per heavy atom. The summed E-state index contributed by atoms with van der Waals surface area (Å²) in [6, 6.07) is 17.5. The van der Waals surface area contributed by atoms with Gasteiger partial charge < -0.3 is 15.0 Å². The fourth-order valence-electron chi connectivity index (χ4n) is 4.96. The second-order valence-corrected chi connectivity index (χ2v) is 10.9. The van der Waals surface area contributed by atoms with E-state index >= 15 is 0 Å². The van der Waals surface area contributed by atoms with Gasteiger partial charge in [-0.05, 0) is 58.6 Å². The zero-order valence-electron chi connectivity index (χ0n) is 20.3. The summed E-state index contributed by atoms with van der Waals surface area (Å²) >= 11 is 0. The Morgan fingerprint density at radius 3 is 2.42 bits per heavy atom. The smallest absolute Gasteiger partial charge is 0.410 e.